The van der Waals surface area contributed by atoms with E-state index in [0.29, 0.717) is 6.54 Å². The topological polar surface area (TPSA) is 29.1 Å². The van der Waals surface area contributed by atoms with Gasteiger partial charge in [0.05, 0.1) is 5.92 Å². The average molecular weight is 316 g/mol. The SMILES string of the molecule is CCCC(C(=O)NCCc1ccc(Cl)cc1)c1ccccc1. The van der Waals surface area contributed by atoms with Crippen LogP contribution in [0.3, 0.4) is 0 Å². The zero-order valence-electron chi connectivity index (χ0n) is 12.9. The maximum absolute atomic E-state index is 12.4. The molecule has 0 aliphatic rings. The zero-order chi connectivity index (χ0) is 15.8. The lowest BCUT2D eigenvalue weighted by Crippen LogP contribution is -2.31. The lowest BCUT2D eigenvalue weighted by atomic mass is 9.93. The molecule has 1 N–H and O–H groups in total. The van der Waals surface area contributed by atoms with Gasteiger partial charge in [-0.05, 0) is 36.1 Å². The van der Waals surface area contributed by atoms with Crippen LogP contribution in [-0.4, -0.2) is 12.5 Å². The highest BCUT2D eigenvalue weighted by molar-refractivity contribution is 6.30. The number of nitrogens with one attached hydrogen (secondary N) is 1. The number of carbonyl (C=O) groups excluding carboxylic acids is 1. The highest BCUT2D eigenvalue weighted by Crippen LogP contribution is 2.21. The van der Waals surface area contributed by atoms with Gasteiger partial charge in [-0.2, -0.15) is 0 Å². The van der Waals surface area contributed by atoms with Crippen LogP contribution in [0.2, 0.25) is 5.02 Å². The Labute approximate surface area is 137 Å². The third kappa shape index (κ3) is 4.88. The third-order valence-corrected chi connectivity index (χ3v) is 3.97. The van der Waals surface area contributed by atoms with E-state index >= 15 is 0 Å². The van der Waals surface area contributed by atoms with Gasteiger partial charge in [0.15, 0.2) is 0 Å². The summed E-state index contributed by atoms with van der Waals surface area (Å²) in [5.41, 5.74) is 2.27. The van der Waals surface area contributed by atoms with Gasteiger partial charge in [0, 0.05) is 11.6 Å². The number of carbonyl (C=O) groups is 1. The molecule has 1 amide bonds. The molecule has 0 aliphatic heterocycles. The largest absolute Gasteiger partial charge is 0.355 e. The van der Waals surface area contributed by atoms with E-state index in [1.54, 1.807) is 0 Å². The summed E-state index contributed by atoms with van der Waals surface area (Å²) >= 11 is 5.87. The Kier molecular flexibility index (Phi) is 6.47. The average Bonchev–Trinajstić information content (AvgIpc) is 2.55. The van der Waals surface area contributed by atoms with Crippen LogP contribution in [0.15, 0.2) is 54.6 Å². The van der Waals surface area contributed by atoms with Gasteiger partial charge in [-0.15, -0.1) is 0 Å². The summed E-state index contributed by atoms with van der Waals surface area (Å²) in [5.74, 6) is 0.0541. The molecular weight excluding hydrogens is 294 g/mol. The molecule has 2 nitrogen and oxygen atoms in total. The molecule has 2 aromatic rings. The minimum atomic E-state index is -0.0589. The standard InChI is InChI=1S/C19H22ClNO/c1-2-6-18(16-7-4-3-5-8-16)19(22)21-14-13-15-9-11-17(20)12-10-15/h3-5,7-12,18H,2,6,13-14H2,1H3,(H,21,22). The van der Waals surface area contributed by atoms with Crippen molar-refractivity contribution in [2.24, 2.45) is 0 Å². The first-order valence-corrected chi connectivity index (χ1v) is 8.15. The smallest absolute Gasteiger partial charge is 0.227 e. The lowest BCUT2D eigenvalue weighted by molar-refractivity contribution is -0.122. The minimum absolute atomic E-state index is 0.0589. The molecule has 1 atom stereocenters. The Hall–Kier alpha value is -1.80. The second-order valence-corrected chi connectivity index (χ2v) is 5.86. The van der Waals surface area contributed by atoms with E-state index in [-0.39, 0.29) is 11.8 Å². The van der Waals surface area contributed by atoms with Crippen molar-refractivity contribution in [3.05, 3.63) is 70.7 Å². The summed E-state index contributed by atoms with van der Waals surface area (Å²) in [5, 5.41) is 3.79. The van der Waals surface area contributed by atoms with Crippen molar-refractivity contribution in [2.75, 3.05) is 6.54 Å². The van der Waals surface area contributed by atoms with Crippen LogP contribution in [0.1, 0.15) is 36.8 Å². The molecule has 0 spiro atoms. The first kappa shape index (κ1) is 16.6. The maximum Gasteiger partial charge on any atom is 0.227 e. The molecule has 2 aromatic carbocycles. The summed E-state index contributed by atoms with van der Waals surface area (Å²) in [7, 11) is 0. The highest BCUT2D eigenvalue weighted by Gasteiger charge is 2.18. The van der Waals surface area contributed by atoms with Gasteiger partial charge in [-0.1, -0.05) is 67.4 Å². The Morgan fingerprint density at radius 3 is 2.41 bits per heavy atom. The highest BCUT2D eigenvalue weighted by atomic mass is 35.5. The van der Waals surface area contributed by atoms with E-state index in [4.69, 9.17) is 11.6 Å². The molecule has 0 aliphatic carbocycles. The lowest BCUT2D eigenvalue weighted by Gasteiger charge is -2.16. The number of halogens is 1. The number of benzene rings is 2. The summed E-state index contributed by atoms with van der Waals surface area (Å²) in [6, 6.07) is 17.7. The monoisotopic (exact) mass is 315 g/mol. The fourth-order valence-corrected chi connectivity index (χ4v) is 2.65. The van der Waals surface area contributed by atoms with Gasteiger partial charge in [-0.25, -0.2) is 0 Å². The quantitative estimate of drug-likeness (QED) is 0.796. The second-order valence-electron chi connectivity index (χ2n) is 5.42. The first-order valence-electron chi connectivity index (χ1n) is 7.77. The van der Waals surface area contributed by atoms with E-state index in [9.17, 15) is 4.79 Å². The number of hydrogen-bond donors (Lipinski definition) is 1. The molecule has 0 fully saturated rings. The Morgan fingerprint density at radius 2 is 1.77 bits per heavy atom. The molecule has 0 heterocycles. The Balaban J connectivity index is 1.90. The molecule has 22 heavy (non-hydrogen) atoms. The molecule has 3 heteroatoms. The van der Waals surface area contributed by atoms with Crippen LogP contribution in [0.5, 0.6) is 0 Å². The zero-order valence-corrected chi connectivity index (χ0v) is 13.6. The van der Waals surface area contributed by atoms with Crippen molar-refractivity contribution < 1.29 is 4.79 Å². The van der Waals surface area contributed by atoms with Crippen LogP contribution >= 0.6 is 11.6 Å². The van der Waals surface area contributed by atoms with E-state index in [2.05, 4.69) is 12.2 Å². The Morgan fingerprint density at radius 1 is 1.09 bits per heavy atom. The summed E-state index contributed by atoms with van der Waals surface area (Å²) in [4.78, 5) is 12.4. The second kappa shape index (κ2) is 8.60. The third-order valence-electron chi connectivity index (χ3n) is 3.72. The van der Waals surface area contributed by atoms with Gasteiger partial charge in [-0.3, -0.25) is 4.79 Å². The van der Waals surface area contributed by atoms with Gasteiger partial charge >= 0.3 is 0 Å². The van der Waals surface area contributed by atoms with Crippen LogP contribution in [0.25, 0.3) is 0 Å². The molecule has 0 bridgehead atoms. The summed E-state index contributed by atoms with van der Waals surface area (Å²) < 4.78 is 0. The van der Waals surface area contributed by atoms with E-state index < -0.39 is 0 Å². The number of amides is 1. The van der Waals surface area contributed by atoms with Crippen molar-refractivity contribution in [1.29, 1.82) is 0 Å². The van der Waals surface area contributed by atoms with E-state index in [1.807, 2.05) is 54.6 Å². The maximum atomic E-state index is 12.4. The minimum Gasteiger partial charge on any atom is -0.355 e. The van der Waals surface area contributed by atoms with E-state index in [0.717, 1.165) is 29.8 Å². The van der Waals surface area contributed by atoms with Gasteiger partial charge in [0.2, 0.25) is 5.91 Å². The number of rotatable bonds is 7. The Bertz CT molecular complexity index is 580. The molecular formula is C19H22ClNO. The van der Waals surface area contributed by atoms with Crippen molar-refractivity contribution in [1.82, 2.24) is 5.32 Å². The molecule has 0 saturated heterocycles. The van der Waals surface area contributed by atoms with Gasteiger partial charge < -0.3 is 5.32 Å². The number of hydrogen-bond acceptors (Lipinski definition) is 1. The van der Waals surface area contributed by atoms with Gasteiger partial charge in [0.1, 0.15) is 0 Å². The summed E-state index contributed by atoms with van der Waals surface area (Å²) in [6.45, 7) is 2.75. The van der Waals surface area contributed by atoms with Crippen molar-refractivity contribution in [3.8, 4) is 0 Å². The normalized spacial score (nSPS) is 11.9. The molecule has 1 unspecified atom stereocenters. The molecule has 2 rings (SSSR count). The first-order chi connectivity index (χ1) is 10.7. The van der Waals surface area contributed by atoms with Gasteiger partial charge in [0.25, 0.3) is 0 Å². The van der Waals surface area contributed by atoms with Crippen molar-refractivity contribution in [2.45, 2.75) is 32.1 Å². The van der Waals surface area contributed by atoms with Crippen LogP contribution < -0.4 is 5.32 Å². The molecule has 0 aromatic heterocycles. The van der Waals surface area contributed by atoms with Crippen molar-refractivity contribution >= 4 is 17.5 Å². The summed E-state index contributed by atoms with van der Waals surface area (Å²) in [6.07, 6.45) is 2.68. The fraction of sp³-hybridized carbons (Fsp3) is 0.316. The molecule has 116 valence electrons. The predicted octanol–water partition coefficient (Wildman–Crippen LogP) is 4.58. The molecule has 0 saturated carbocycles. The van der Waals surface area contributed by atoms with Crippen molar-refractivity contribution in [3.63, 3.8) is 0 Å². The molecule has 0 radical (unpaired) electrons. The van der Waals surface area contributed by atoms with Crippen LogP contribution in [0, 0.1) is 0 Å². The van der Waals surface area contributed by atoms with Crippen LogP contribution in [-0.2, 0) is 11.2 Å². The van der Waals surface area contributed by atoms with E-state index in [1.165, 1.54) is 5.56 Å². The fourth-order valence-electron chi connectivity index (χ4n) is 2.53. The predicted molar refractivity (Wildman–Crippen MR) is 92.3 cm³/mol. The van der Waals surface area contributed by atoms with Crippen LogP contribution in [0.4, 0.5) is 0 Å².